The number of nitrogens with zero attached hydrogens (tertiary/aromatic N) is 1. The summed E-state index contributed by atoms with van der Waals surface area (Å²) in [6.07, 6.45) is 13.3. The number of carbonyl (C=O) groups is 2. The molecule has 30 heavy (non-hydrogen) atoms. The molecule has 4 fully saturated rings. The Morgan fingerprint density at radius 2 is 1.70 bits per heavy atom. The van der Waals surface area contributed by atoms with Gasteiger partial charge in [0.2, 0.25) is 5.91 Å². The second-order valence-electron chi connectivity index (χ2n) is 10.3. The maximum Gasteiger partial charge on any atom is 0.341 e. The molecular weight excluding hydrogens is 396 g/mol. The normalized spacial score (nSPS) is 32.0. The third kappa shape index (κ3) is 3.60. The van der Waals surface area contributed by atoms with Crippen LogP contribution in [0.3, 0.4) is 0 Å². The van der Waals surface area contributed by atoms with Gasteiger partial charge in [-0.3, -0.25) is 9.69 Å². The number of likely N-dealkylation sites (N-methyl/N-ethyl adjacent to an activating group) is 1. The van der Waals surface area contributed by atoms with Crippen LogP contribution in [0.4, 0.5) is 5.00 Å². The van der Waals surface area contributed by atoms with Gasteiger partial charge in [0.05, 0.1) is 19.2 Å². The highest BCUT2D eigenvalue weighted by atomic mass is 32.1. The molecule has 0 aromatic carbocycles. The van der Waals surface area contributed by atoms with E-state index in [1.54, 1.807) is 11.3 Å². The van der Waals surface area contributed by atoms with Crippen molar-refractivity contribution in [3.63, 3.8) is 0 Å². The maximum absolute atomic E-state index is 13.1. The van der Waals surface area contributed by atoms with Crippen LogP contribution in [-0.2, 0) is 22.4 Å². The Kier molecular flexibility index (Phi) is 5.42. The molecule has 6 heteroatoms. The number of thiophene rings is 1. The van der Waals surface area contributed by atoms with Crippen molar-refractivity contribution in [1.82, 2.24) is 4.90 Å². The van der Waals surface area contributed by atoms with Crippen LogP contribution >= 0.6 is 11.3 Å². The summed E-state index contributed by atoms with van der Waals surface area (Å²) in [4.78, 5) is 29.2. The molecule has 1 aromatic heterocycles. The Bertz CT molecular complexity index is 810. The number of fused-ring (bicyclic) bond motifs is 1. The van der Waals surface area contributed by atoms with Crippen molar-refractivity contribution in [2.24, 2.45) is 17.8 Å². The van der Waals surface area contributed by atoms with Gasteiger partial charge in [0.1, 0.15) is 5.00 Å². The van der Waals surface area contributed by atoms with E-state index in [9.17, 15) is 9.59 Å². The summed E-state index contributed by atoms with van der Waals surface area (Å²) in [7, 11) is 3.56. The van der Waals surface area contributed by atoms with Crippen LogP contribution in [0.5, 0.6) is 0 Å². The van der Waals surface area contributed by atoms with E-state index < -0.39 is 0 Å². The number of hydrogen-bond donors (Lipinski definition) is 1. The van der Waals surface area contributed by atoms with Crippen LogP contribution in [0.15, 0.2) is 0 Å². The zero-order valence-corrected chi connectivity index (χ0v) is 19.1. The van der Waals surface area contributed by atoms with E-state index in [0.29, 0.717) is 17.1 Å². The summed E-state index contributed by atoms with van der Waals surface area (Å²) in [6, 6.07) is 0. The Balaban J connectivity index is 1.32. The van der Waals surface area contributed by atoms with E-state index in [-0.39, 0.29) is 17.4 Å². The molecule has 1 aromatic rings. The van der Waals surface area contributed by atoms with Gasteiger partial charge in [-0.15, -0.1) is 11.3 Å². The number of esters is 1. The quantitative estimate of drug-likeness (QED) is 0.546. The van der Waals surface area contributed by atoms with Crippen molar-refractivity contribution in [2.45, 2.75) is 76.2 Å². The minimum absolute atomic E-state index is 0.00481. The van der Waals surface area contributed by atoms with Gasteiger partial charge in [-0.05, 0) is 94.6 Å². The highest BCUT2D eigenvalue weighted by molar-refractivity contribution is 7.17. The highest BCUT2D eigenvalue weighted by Crippen LogP contribution is 2.57. The van der Waals surface area contributed by atoms with Crippen molar-refractivity contribution < 1.29 is 14.3 Å². The van der Waals surface area contributed by atoms with Crippen LogP contribution < -0.4 is 5.32 Å². The van der Waals surface area contributed by atoms with E-state index in [1.807, 2.05) is 0 Å². The fraction of sp³-hybridized carbons (Fsp3) is 0.750. The zero-order chi connectivity index (χ0) is 20.9. The number of rotatable bonds is 5. The molecule has 0 spiro atoms. The summed E-state index contributed by atoms with van der Waals surface area (Å²) in [5.41, 5.74) is 1.92. The van der Waals surface area contributed by atoms with E-state index in [1.165, 1.54) is 56.9 Å². The van der Waals surface area contributed by atoms with Gasteiger partial charge in [0.15, 0.2) is 0 Å². The van der Waals surface area contributed by atoms with Crippen molar-refractivity contribution in [3.8, 4) is 0 Å². The molecule has 6 rings (SSSR count). The molecule has 0 saturated heterocycles. The summed E-state index contributed by atoms with van der Waals surface area (Å²) in [5, 5.41) is 3.80. The molecule has 0 atom stereocenters. The van der Waals surface area contributed by atoms with Crippen molar-refractivity contribution >= 4 is 28.2 Å². The minimum Gasteiger partial charge on any atom is -0.465 e. The first-order chi connectivity index (χ1) is 14.5. The molecule has 0 radical (unpaired) electrons. The lowest BCUT2D eigenvalue weighted by molar-refractivity contribution is -0.123. The molecule has 1 N–H and O–H groups in total. The van der Waals surface area contributed by atoms with Gasteiger partial charge >= 0.3 is 5.97 Å². The Labute approximate surface area is 183 Å². The Hall–Kier alpha value is -1.40. The molecular formula is C24H34N2O3S. The summed E-state index contributed by atoms with van der Waals surface area (Å²) in [5.74, 6) is 2.26. The summed E-state index contributed by atoms with van der Waals surface area (Å²) >= 11 is 1.58. The van der Waals surface area contributed by atoms with Crippen LogP contribution in [0.25, 0.3) is 0 Å². The van der Waals surface area contributed by atoms with E-state index in [2.05, 4.69) is 17.3 Å². The fourth-order valence-corrected chi connectivity index (χ4v) is 8.52. The standard InChI is InChI=1S/C24H34N2O3S/c1-26(24-11-15-8-16(12-24)10-17(9-15)13-24)14-20(27)25-22-21(23(28)29-2)18-6-4-3-5-7-19(18)30-22/h15-17H,3-14H2,1-2H3,(H,25,27). The molecule has 0 unspecified atom stereocenters. The number of nitrogens with one attached hydrogen (secondary N) is 1. The van der Waals surface area contributed by atoms with Gasteiger partial charge in [-0.25, -0.2) is 4.79 Å². The predicted molar refractivity (Wildman–Crippen MR) is 119 cm³/mol. The first kappa shape index (κ1) is 20.5. The second kappa shape index (κ2) is 7.94. The number of ether oxygens (including phenoxy) is 1. The van der Waals surface area contributed by atoms with Crippen LogP contribution in [0.1, 0.15) is 78.6 Å². The topological polar surface area (TPSA) is 58.6 Å². The average molecular weight is 431 g/mol. The van der Waals surface area contributed by atoms with Gasteiger partial charge in [-0.2, -0.15) is 0 Å². The van der Waals surface area contributed by atoms with Gasteiger partial charge < -0.3 is 10.1 Å². The lowest BCUT2D eigenvalue weighted by atomic mass is 9.52. The van der Waals surface area contributed by atoms with Crippen LogP contribution in [0, 0.1) is 17.8 Å². The summed E-state index contributed by atoms with van der Waals surface area (Å²) in [6.45, 7) is 0.398. The fourth-order valence-electron chi connectivity index (χ4n) is 7.23. The van der Waals surface area contributed by atoms with Gasteiger partial charge in [0.25, 0.3) is 0 Å². The van der Waals surface area contributed by atoms with Crippen LogP contribution in [0.2, 0.25) is 0 Å². The number of hydrogen-bond acceptors (Lipinski definition) is 5. The number of methoxy groups -OCH3 is 1. The first-order valence-electron chi connectivity index (χ1n) is 11.7. The Morgan fingerprint density at radius 1 is 1.07 bits per heavy atom. The van der Waals surface area contributed by atoms with Gasteiger partial charge in [0, 0.05) is 10.4 Å². The smallest absolute Gasteiger partial charge is 0.341 e. The molecule has 4 saturated carbocycles. The first-order valence-corrected chi connectivity index (χ1v) is 12.5. The molecule has 0 aliphatic heterocycles. The Morgan fingerprint density at radius 3 is 2.33 bits per heavy atom. The van der Waals surface area contributed by atoms with Crippen LogP contribution in [-0.4, -0.2) is 43.0 Å². The third-order valence-electron chi connectivity index (χ3n) is 8.26. The molecule has 5 aliphatic carbocycles. The number of carbonyl (C=O) groups excluding carboxylic acids is 2. The second-order valence-corrected chi connectivity index (χ2v) is 11.4. The predicted octanol–water partition coefficient (Wildman–Crippen LogP) is 4.64. The molecule has 1 heterocycles. The SMILES string of the molecule is COC(=O)c1c(NC(=O)CN(C)C23CC4CC(CC(C4)C2)C3)sc2c1CCCCC2. The third-order valence-corrected chi connectivity index (χ3v) is 9.47. The summed E-state index contributed by atoms with van der Waals surface area (Å²) < 4.78 is 5.08. The molecule has 5 aliphatic rings. The monoisotopic (exact) mass is 430 g/mol. The molecule has 1 amide bonds. The van der Waals surface area contributed by atoms with Crippen molar-refractivity contribution in [3.05, 3.63) is 16.0 Å². The molecule has 4 bridgehead atoms. The highest BCUT2D eigenvalue weighted by Gasteiger charge is 2.52. The zero-order valence-electron chi connectivity index (χ0n) is 18.3. The van der Waals surface area contributed by atoms with Crippen molar-refractivity contribution in [1.29, 1.82) is 0 Å². The van der Waals surface area contributed by atoms with E-state index in [0.717, 1.165) is 49.0 Å². The number of anilines is 1. The largest absolute Gasteiger partial charge is 0.465 e. The molecule has 164 valence electrons. The van der Waals surface area contributed by atoms with E-state index in [4.69, 9.17) is 4.74 Å². The van der Waals surface area contributed by atoms with E-state index >= 15 is 0 Å². The number of amides is 1. The molecule has 5 nitrogen and oxygen atoms in total. The number of aryl methyl sites for hydroxylation is 1. The maximum atomic E-state index is 13.1. The van der Waals surface area contributed by atoms with Gasteiger partial charge in [-0.1, -0.05) is 6.42 Å². The lowest BCUT2D eigenvalue weighted by Gasteiger charge is -2.59. The minimum atomic E-state index is -0.320. The van der Waals surface area contributed by atoms with Crippen molar-refractivity contribution in [2.75, 3.05) is 26.0 Å². The average Bonchev–Trinajstić information content (AvgIpc) is 2.87. The lowest BCUT2D eigenvalue weighted by Crippen LogP contribution is -2.59.